The summed E-state index contributed by atoms with van der Waals surface area (Å²) in [5.41, 5.74) is 2.17. The third-order valence-electron chi connectivity index (χ3n) is 5.60. The maximum Gasteiger partial charge on any atom is 0.263 e. The first-order valence-corrected chi connectivity index (χ1v) is 13.3. The number of hydrogen-bond donors (Lipinski definition) is 1. The molecule has 1 aromatic heterocycles. The minimum absolute atomic E-state index is 0.108. The van der Waals surface area contributed by atoms with Crippen molar-refractivity contribution in [2.75, 3.05) is 37.5 Å². The Morgan fingerprint density at radius 2 is 1.81 bits per heavy atom. The molecule has 2 aromatic carbocycles. The van der Waals surface area contributed by atoms with Gasteiger partial charge in [0.25, 0.3) is 15.9 Å². The Morgan fingerprint density at radius 1 is 1.08 bits per heavy atom. The van der Waals surface area contributed by atoms with Crippen molar-refractivity contribution < 1.29 is 27.4 Å². The Morgan fingerprint density at radius 3 is 2.42 bits per heavy atom. The highest BCUT2D eigenvalue weighted by Gasteiger charge is 2.24. The third-order valence-corrected chi connectivity index (χ3v) is 7.82. The average molecular weight is 531 g/mol. The number of amides is 1. The molecule has 1 aliphatic heterocycles. The van der Waals surface area contributed by atoms with Gasteiger partial charge in [-0.25, -0.2) is 8.42 Å². The van der Waals surface area contributed by atoms with E-state index in [0.29, 0.717) is 52.9 Å². The fourth-order valence-corrected chi connectivity index (χ4v) is 5.81. The summed E-state index contributed by atoms with van der Waals surface area (Å²) in [6.07, 6.45) is 4.52. The fraction of sp³-hybridized carbons (Fsp3) is 0.292. The van der Waals surface area contributed by atoms with Crippen molar-refractivity contribution in [3.05, 3.63) is 52.5 Å². The van der Waals surface area contributed by atoms with Crippen LogP contribution >= 0.6 is 11.3 Å². The van der Waals surface area contributed by atoms with E-state index in [-0.39, 0.29) is 15.9 Å². The minimum atomic E-state index is -3.83. The molecule has 0 saturated carbocycles. The van der Waals surface area contributed by atoms with Gasteiger partial charge in [-0.3, -0.25) is 9.52 Å². The number of ether oxygens (including phenoxy) is 3. The Hall–Kier alpha value is -3.64. The predicted molar refractivity (Wildman–Crippen MR) is 138 cm³/mol. The van der Waals surface area contributed by atoms with Crippen LogP contribution in [0.4, 0.5) is 10.8 Å². The SMILES string of the molecule is COc1cc(/C=C/C(=O)N2CCCc3cc(S(=O)(=O)Nc4nnc(C)s4)ccc32)cc(OC)c1OC. The van der Waals surface area contributed by atoms with Crippen LogP contribution in [0.2, 0.25) is 0 Å². The van der Waals surface area contributed by atoms with Crippen LogP contribution in [0, 0.1) is 6.92 Å². The predicted octanol–water partition coefficient (Wildman–Crippen LogP) is 3.67. The number of nitrogens with one attached hydrogen (secondary N) is 1. The maximum atomic E-state index is 13.1. The molecule has 0 unspecified atom stereocenters. The molecule has 0 spiro atoms. The van der Waals surface area contributed by atoms with Crippen molar-refractivity contribution in [3.63, 3.8) is 0 Å². The highest BCUT2D eigenvalue weighted by molar-refractivity contribution is 7.93. The Balaban J connectivity index is 1.56. The van der Waals surface area contributed by atoms with Crippen molar-refractivity contribution in [2.45, 2.75) is 24.7 Å². The lowest BCUT2D eigenvalue weighted by Crippen LogP contribution is -2.34. The van der Waals surface area contributed by atoms with Gasteiger partial charge in [0.2, 0.25) is 10.9 Å². The summed E-state index contributed by atoms with van der Waals surface area (Å²) >= 11 is 1.16. The summed E-state index contributed by atoms with van der Waals surface area (Å²) in [5.74, 6) is 1.22. The summed E-state index contributed by atoms with van der Waals surface area (Å²) in [4.78, 5) is 14.9. The topological polar surface area (TPSA) is 120 Å². The molecule has 1 N–H and O–H groups in total. The molecule has 3 aromatic rings. The molecule has 0 fully saturated rings. The van der Waals surface area contributed by atoms with Crippen LogP contribution in [0.15, 0.2) is 41.3 Å². The largest absolute Gasteiger partial charge is 0.493 e. The molecule has 0 bridgehead atoms. The number of carbonyl (C=O) groups is 1. The summed E-state index contributed by atoms with van der Waals surface area (Å²) in [6, 6.07) is 8.26. The van der Waals surface area contributed by atoms with Crippen LogP contribution in [0.5, 0.6) is 17.2 Å². The first-order chi connectivity index (χ1) is 17.2. The Labute approximate surface area is 213 Å². The summed E-state index contributed by atoms with van der Waals surface area (Å²) in [7, 11) is 0.749. The molecule has 0 radical (unpaired) electrons. The molecule has 190 valence electrons. The van der Waals surface area contributed by atoms with E-state index < -0.39 is 10.0 Å². The van der Waals surface area contributed by atoms with E-state index >= 15 is 0 Å². The lowest BCUT2D eigenvalue weighted by molar-refractivity contribution is -0.114. The van der Waals surface area contributed by atoms with Gasteiger partial charge in [-0.05, 0) is 67.3 Å². The summed E-state index contributed by atoms with van der Waals surface area (Å²) in [6.45, 7) is 2.27. The van der Waals surface area contributed by atoms with Gasteiger partial charge in [-0.2, -0.15) is 0 Å². The van der Waals surface area contributed by atoms with E-state index in [1.807, 2.05) is 0 Å². The molecule has 1 amide bonds. The Bertz CT molecular complexity index is 1390. The first-order valence-electron chi connectivity index (χ1n) is 11.0. The van der Waals surface area contributed by atoms with E-state index in [0.717, 1.165) is 16.9 Å². The van der Waals surface area contributed by atoms with E-state index in [9.17, 15) is 13.2 Å². The van der Waals surface area contributed by atoms with E-state index in [4.69, 9.17) is 14.2 Å². The minimum Gasteiger partial charge on any atom is -0.493 e. The second-order valence-electron chi connectivity index (χ2n) is 7.91. The molecule has 10 nitrogen and oxygen atoms in total. The van der Waals surface area contributed by atoms with Crippen molar-refractivity contribution in [1.29, 1.82) is 0 Å². The number of benzene rings is 2. The zero-order valence-corrected chi connectivity index (χ0v) is 21.9. The van der Waals surface area contributed by atoms with Crippen LogP contribution in [0.3, 0.4) is 0 Å². The second-order valence-corrected chi connectivity index (χ2v) is 10.8. The van der Waals surface area contributed by atoms with Crippen LogP contribution < -0.4 is 23.8 Å². The van der Waals surface area contributed by atoms with E-state index in [1.54, 1.807) is 42.2 Å². The highest BCUT2D eigenvalue weighted by atomic mass is 32.2. The summed E-state index contributed by atoms with van der Waals surface area (Å²) < 4.78 is 44.2. The number of aryl methyl sites for hydroxylation is 2. The van der Waals surface area contributed by atoms with Gasteiger partial charge in [0.05, 0.1) is 26.2 Å². The van der Waals surface area contributed by atoms with Crippen molar-refractivity contribution in [2.24, 2.45) is 0 Å². The third kappa shape index (κ3) is 5.29. The molecule has 0 saturated heterocycles. The van der Waals surface area contributed by atoms with Gasteiger partial charge < -0.3 is 19.1 Å². The molecular formula is C24H26N4O6S2. The second kappa shape index (κ2) is 10.5. The van der Waals surface area contributed by atoms with Crippen LogP contribution in [-0.4, -0.2) is 52.4 Å². The molecule has 12 heteroatoms. The van der Waals surface area contributed by atoms with E-state index in [1.165, 1.54) is 33.5 Å². The smallest absolute Gasteiger partial charge is 0.263 e. The molecule has 4 rings (SSSR count). The number of carbonyl (C=O) groups excluding carboxylic acids is 1. The number of fused-ring (bicyclic) bond motifs is 1. The number of nitrogens with zero attached hydrogens (tertiary/aromatic N) is 3. The van der Waals surface area contributed by atoms with Crippen molar-refractivity contribution in [3.8, 4) is 17.2 Å². The number of rotatable bonds is 8. The zero-order valence-electron chi connectivity index (χ0n) is 20.3. The van der Waals surface area contributed by atoms with Gasteiger partial charge >= 0.3 is 0 Å². The van der Waals surface area contributed by atoms with Crippen molar-refractivity contribution in [1.82, 2.24) is 10.2 Å². The summed E-state index contributed by atoms with van der Waals surface area (Å²) in [5, 5.41) is 8.52. The zero-order chi connectivity index (χ0) is 25.9. The first kappa shape index (κ1) is 25.5. The lowest BCUT2D eigenvalue weighted by Gasteiger charge is -2.29. The van der Waals surface area contributed by atoms with Gasteiger partial charge in [-0.15, -0.1) is 10.2 Å². The number of hydrogen-bond acceptors (Lipinski definition) is 9. The van der Waals surface area contributed by atoms with Crippen LogP contribution in [0.1, 0.15) is 22.6 Å². The number of anilines is 2. The van der Waals surface area contributed by atoms with E-state index in [2.05, 4.69) is 14.9 Å². The molecular weight excluding hydrogens is 504 g/mol. The normalized spacial score (nSPS) is 13.4. The van der Waals surface area contributed by atoms with Crippen LogP contribution in [0.25, 0.3) is 6.08 Å². The number of aromatic nitrogens is 2. The van der Waals surface area contributed by atoms with Crippen molar-refractivity contribution >= 4 is 44.2 Å². The van der Waals surface area contributed by atoms with Crippen LogP contribution in [-0.2, 0) is 21.2 Å². The highest BCUT2D eigenvalue weighted by Crippen LogP contribution is 2.38. The Kier molecular flexibility index (Phi) is 7.45. The van der Waals surface area contributed by atoms with Gasteiger partial charge in [-0.1, -0.05) is 11.3 Å². The number of methoxy groups -OCH3 is 3. The monoisotopic (exact) mass is 530 g/mol. The quantitative estimate of drug-likeness (QED) is 0.438. The average Bonchev–Trinajstić information content (AvgIpc) is 3.29. The molecule has 36 heavy (non-hydrogen) atoms. The van der Waals surface area contributed by atoms with Gasteiger partial charge in [0.15, 0.2) is 11.5 Å². The molecule has 0 aliphatic carbocycles. The maximum absolute atomic E-state index is 13.1. The molecule has 0 atom stereocenters. The lowest BCUT2D eigenvalue weighted by atomic mass is 10.0. The standard InChI is InChI=1S/C24H26N4O6S2/c1-15-25-26-24(35-15)27-36(30,31)18-8-9-19-17(14-18)6-5-11-28(19)22(29)10-7-16-12-20(32-2)23(34-4)21(13-16)33-3/h7-10,12-14H,5-6,11H2,1-4H3,(H,26,27)/b10-7+. The fourth-order valence-electron chi connectivity index (χ4n) is 3.94. The van der Waals surface area contributed by atoms with Gasteiger partial charge in [0.1, 0.15) is 5.01 Å². The number of sulfonamides is 1. The molecule has 2 heterocycles. The molecule has 1 aliphatic rings. The van der Waals surface area contributed by atoms with Gasteiger partial charge in [0, 0.05) is 18.3 Å².